The van der Waals surface area contributed by atoms with Crippen LogP contribution in [0.1, 0.15) is 32.6 Å². The van der Waals surface area contributed by atoms with Crippen LogP contribution >= 0.6 is 15.9 Å². The molecule has 1 saturated carbocycles. The van der Waals surface area contributed by atoms with E-state index in [2.05, 4.69) is 27.6 Å². The van der Waals surface area contributed by atoms with E-state index in [-0.39, 0.29) is 5.41 Å². The van der Waals surface area contributed by atoms with Crippen molar-refractivity contribution in [3.05, 3.63) is 28.7 Å². The molecule has 5 heteroatoms. The Kier molecular flexibility index (Phi) is 4.14. The molecule has 1 fully saturated rings. The van der Waals surface area contributed by atoms with Crippen molar-refractivity contribution < 1.29 is 8.42 Å². The molecule has 1 aromatic carbocycles. The summed E-state index contributed by atoms with van der Waals surface area (Å²) >= 11 is 3.30. The summed E-state index contributed by atoms with van der Waals surface area (Å²) in [7, 11) is -3.36. The summed E-state index contributed by atoms with van der Waals surface area (Å²) < 4.78 is 27.8. The van der Waals surface area contributed by atoms with Gasteiger partial charge in [-0.25, -0.2) is 13.1 Å². The highest BCUT2D eigenvalue weighted by Crippen LogP contribution is 2.49. The average molecular weight is 332 g/mol. The van der Waals surface area contributed by atoms with Gasteiger partial charge in [-0.3, -0.25) is 0 Å². The van der Waals surface area contributed by atoms with E-state index >= 15 is 0 Å². The topological polar surface area (TPSA) is 46.2 Å². The van der Waals surface area contributed by atoms with Gasteiger partial charge in [0.05, 0.1) is 4.90 Å². The standard InChI is InChI=1S/C13H18BrNO2S/c1-2-7-13(8-9-13)10-15-18(16,17)12-5-3-11(14)4-6-12/h3-6,15H,2,7-10H2,1H3. The monoisotopic (exact) mass is 331 g/mol. The summed E-state index contributed by atoms with van der Waals surface area (Å²) in [5.41, 5.74) is 0.233. The second-order valence-corrected chi connectivity index (χ2v) is 7.71. The smallest absolute Gasteiger partial charge is 0.211 e. The van der Waals surface area contributed by atoms with E-state index in [4.69, 9.17) is 0 Å². The number of hydrogen-bond donors (Lipinski definition) is 1. The molecule has 0 bridgehead atoms. The third kappa shape index (κ3) is 3.33. The minimum Gasteiger partial charge on any atom is -0.211 e. The molecule has 0 aromatic heterocycles. The summed E-state index contributed by atoms with van der Waals surface area (Å²) in [6.07, 6.45) is 4.50. The van der Waals surface area contributed by atoms with E-state index in [0.29, 0.717) is 11.4 Å². The molecule has 0 saturated heterocycles. The van der Waals surface area contributed by atoms with Crippen molar-refractivity contribution in [1.82, 2.24) is 4.72 Å². The number of halogens is 1. The van der Waals surface area contributed by atoms with Crippen molar-refractivity contribution in [2.75, 3.05) is 6.54 Å². The first-order chi connectivity index (χ1) is 8.47. The van der Waals surface area contributed by atoms with E-state index in [1.165, 1.54) is 0 Å². The highest BCUT2D eigenvalue weighted by atomic mass is 79.9. The Morgan fingerprint density at radius 1 is 1.28 bits per heavy atom. The molecule has 0 aliphatic heterocycles. The van der Waals surface area contributed by atoms with Crippen LogP contribution < -0.4 is 4.72 Å². The molecule has 100 valence electrons. The van der Waals surface area contributed by atoms with Gasteiger partial charge >= 0.3 is 0 Å². The van der Waals surface area contributed by atoms with E-state index in [0.717, 1.165) is 30.2 Å². The number of hydrogen-bond acceptors (Lipinski definition) is 2. The molecule has 18 heavy (non-hydrogen) atoms. The molecule has 1 N–H and O–H groups in total. The van der Waals surface area contributed by atoms with Crippen molar-refractivity contribution in [1.29, 1.82) is 0 Å². The van der Waals surface area contributed by atoms with Crippen molar-refractivity contribution in [3.63, 3.8) is 0 Å². The Labute approximate surface area is 117 Å². The maximum absolute atomic E-state index is 12.1. The molecular formula is C13H18BrNO2S. The van der Waals surface area contributed by atoms with Gasteiger partial charge in [-0.15, -0.1) is 0 Å². The first-order valence-corrected chi connectivity index (χ1v) is 8.50. The molecule has 2 rings (SSSR count). The fraction of sp³-hybridized carbons (Fsp3) is 0.538. The fourth-order valence-electron chi connectivity index (χ4n) is 2.17. The lowest BCUT2D eigenvalue weighted by molar-refractivity contribution is 0.449. The van der Waals surface area contributed by atoms with Gasteiger partial charge in [-0.2, -0.15) is 0 Å². The third-order valence-electron chi connectivity index (χ3n) is 3.50. The second kappa shape index (κ2) is 5.31. The van der Waals surface area contributed by atoms with Crippen LogP contribution in [0.25, 0.3) is 0 Å². The first kappa shape index (κ1) is 14.0. The lowest BCUT2D eigenvalue weighted by atomic mass is 10.0. The lowest BCUT2D eigenvalue weighted by Crippen LogP contribution is -2.30. The summed E-state index contributed by atoms with van der Waals surface area (Å²) in [6.45, 7) is 2.71. The summed E-state index contributed by atoms with van der Waals surface area (Å²) in [4.78, 5) is 0.331. The van der Waals surface area contributed by atoms with Crippen LogP contribution in [0.15, 0.2) is 33.6 Å². The maximum Gasteiger partial charge on any atom is 0.240 e. The van der Waals surface area contributed by atoms with E-state index in [1.807, 2.05) is 0 Å². The van der Waals surface area contributed by atoms with Gasteiger partial charge in [-0.05, 0) is 48.9 Å². The summed E-state index contributed by atoms with van der Waals surface area (Å²) in [5.74, 6) is 0. The second-order valence-electron chi connectivity index (χ2n) is 5.03. The van der Waals surface area contributed by atoms with Crippen LogP contribution in [-0.4, -0.2) is 15.0 Å². The summed E-state index contributed by atoms with van der Waals surface area (Å²) in [6, 6.07) is 6.72. The minimum atomic E-state index is -3.36. The molecule has 1 aliphatic rings. The van der Waals surface area contributed by atoms with Gasteiger partial charge in [0, 0.05) is 11.0 Å². The zero-order chi connectivity index (χ0) is 13.2. The number of benzene rings is 1. The van der Waals surface area contributed by atoms with Crippen LogP contribution in [0.5, 0.6) is 0 Å². The minimum absolute atomic E-state index is 0.233. The van der Waals surface area contributed by atoms with Crippen molar-refractivity contribution in [3.8, 4) is 0 Å². The molecular weight excluding hydrogens is 314 g/mol. The largest absolute Gasteiger partial charge is 0.240 e. The van der Waals surface area contributed by atoms with Gasteiger partial charge in [0.1, 0.15) is 0 Å². The van der Waals surface area contributed by atoms with Crippen LogP contribution in [0, 0.1) is 5.41 Å². The van der Waals surface area contributed by atoms with Crippen LogP contribution in [-0.2, 0) is 10.0 Å². The van der Waals surface area contributed by atoms with Crippen LogP contribution in [0.4, 0.5) is 0 Å². The Balaban J connectivity index is 2.02. The molecule has 1 aliphatic carbocycles. The Hall–Kier alpha value is -0.390. The van der Waals surface area contributed by atoms with E-state index in [9.17, 15) is 8.42 Å². The first-order valence-electron chi connectivity index (χ1n) is 6.23. The normalized spacial score (nSPS) is 17.7. The average Bonchev–Trinajstić information content (AvgIpc) is 3.08. The van der Waals surface area contributed by atoms with Gasteiger partial charge in [-0.1, -0.05) is 29.3 Å². The van der Waals surface area contributed by atoms with Gasteiger partial charge in [0.15, 0.2) is 0 Å². The van der Waals surface area contributed by atoms with E-state index < -0.39 is 10.0 Å². The molecule has 0 heterocycles. The highest BCUT2D eigenvalue weighted by molar-refractivity contribution is 9.10. The van der Waals surface area contributed by atoms with Gasteiger partial charge in [0.2, 0.25) is 10.0 Å². The Morgan fingerprint density at radius 2 is 1.89 bits per heavy atom. The summed E-state index contributed by atoms with van der Waals surface area (Å²) in [5, 5.41) is 0. The van der Waals surface area contributed by atoms with Gasteiger partial charge < -0.3 is 0 Å². The molecule has 3 nitrogen and oxygen atoms in total. The lowest BCUT2D eigenvalue weighted by Gasteiger charge is -2.15. The molecule has 0 amide bonds. The SMILES string of the molecule is CCCC1(CNS(=O)(=O)c2ccc(Br)cc2)CC1. The predicted octanol–water partition coefficient (Wildman–Crippen LogP) is 3.31. The van der Waals surface area contributed by atoms with E-state index in [1.54, 1.807) is 24.3 Å². The van der Waals surface area contributed by atoms with Crippen molar-refractivity contribution in [2.45, 2.75) is 37.5 Å². The van der Waals surface area contributed by atoms with Gasteiger partial charge in [0.25, 0.3) is 0 Å². The number of rotatable bonds is 6. The number of sulfonamides is 1. The Bertz CT molecular complexity index is 506. The Morgan fingerprint density at radius 3 is 2.39 bits per heavy atom. The zero-order valence-corrected chi connectivity index (χ0v) is 12.9. The molecule has 1 aromatic rings. The molecule has 0 atom stereocenters. The van der Waals surface area contributed by atoms with Crippen molar-refractivity contribution >= 4 is 26.0 Å². The van der Waals surface area contributed by atoms with Crippen molar-refractivity contribution in [2.24, 2.45) is 5.41 Å². The van der Waals surface area contributed by atoms with Crippen LogP contribution in [0.3, 0.4) is 0 Å². The van der Waals surface area contributed by atoms with Crippen LogP contribution in [0.2, 0.25) is 0 Å². The maximum atomic E-state index is 12.1. The quantitative estimate of drug-likeness (QED) is 0.869. The molecule has 0 spiro atoms. The molecule has 0 unspecified atom stereocenters. The highest BCUT2D eigenvalue weighted by Gasteiger charge is 2.42. The third-order valence-corrected chi connectivity index (χ3v) is 5.44. The fourth-order valence-corrected chi connectivity index (χ4v) is 3.59. The zero-order valence-electron chi connectivity index (χ0n) is 10.4. The number of nitrogens with one attached hydrogen (secondary N) is 1. The molecule has 0 radical (unpaired) electrons. The predicted molar refractivity (Wildman–Crippen MR) is 75.9 cm³/mol.